The van der Waals surface area contributed by atoms with E-state index in [0.29, 0.717) is 11.1 Å². The fourth-order valence-electron chi connectivity index (χ4n) is 1.83. The molecule has 2 nitrogen and oxygen atoms in total. The van der Waals surface area contributed by atoms with E-state index >= 15 is 0 Å². The molecule has 0 amide bonds. The molecule has 0 aliphatic heterocycles. The van der Waals surface area contributed by atoms with Gasteiger partial charge in [-0.1, -0.05) is 42.5 Å². The lowest BCUT2D eigenvalue weighted by atomic mass is 9.85. The minimum atomic E-state index is -1.32. The van der Waals surface area contributed by atoms with Crippen LogP contribution in [-0.4, -0.2) is 0 Å². The minimum absolute atomic E-state index is 0.370. The van der Waals surface area contributed by atoms with Crippen LogP contribution in [0.25, 0.3) is 11.1 Å². The summed E-state index contributed by atoms with van der Waals surface area (Å²) in [6.45, 7) is 1.48. The minimum Gasteiger partial charge on any atom is -0.206 e. The highest BCUT2D eigenvalue weighted by Crippen LogP contribution is 2.28. The van der Waals surface area contributed by atoms with Crippen LogP contribution in [0.3, 0.4) is 0 Å². The van der Waals surface area contributed by atoms with Crippen LogP contribution >= 0.6 is 0 Å². The zero-order valence-corrected chi connectivity index (χ0v) is 10.4. The van der Waals surface area contributed by atoms with Crippen molar-refractivity contribution in [1.29, 1.82) is 10.5 Å². The topological polar surface area (TPSA) is 47.6 Å². The van der Waals surface area contributed by atoms with Crippen LogP contribution in [0, 0.1) is 28.5 Å². The van der Waals surface area contributed by atoms with Crippen molar-refractivity contribution < 1.29 is 4.39 Å². The Bertz CT molecular complexity index is 664. The van der Waals surface area contributed by atoms with Crippen molar-refractivity contribution in [2.45, 2.75) is 12.3 Å². The summed E-state index contributed by atoms with van der Waals surface area (Å²) in [7, 11) is 0. The van der Waals surface area contributed by atoms with Gasteiger partial charge in [0, 0.05) is 5.56 Å². The lowest BCUT2D eigenvalue weighted by Crippen LogP contribution is -2.16. The molecule has 0 saturated carbocycles. The first-order valence-electron chi connectivity index (χ1n) is 5.78. The number of halogens is 1. The Kier molecular flexibility index (Phi) is 3.31. The number of hydrogen-bond donors (Lipinski definition) is 0. The number of hydrogen-bond acceptors (Lipinski definition) is 2. The van der Waals surface area contributed by atoms with Gasteiger partial charge in [0.1, 0.15) is 5.82 Å². The monoisotopic (exact) mass is 250 g/mol. The van der Waals surface area contributed by atoms with E-state index in [1.165, 1.54) is 13.0 Å². The largest absolute Gasteiger partial charge is 0.206 e. The van der Waals surface area contributed by atoms with Crippen molar-refractivity contribution in [2.75, 3.05) is 0 Å². The van der Waals surface area contributed by atoms with Crippen LogP contribution < -0.4 is 0 Å². The number of nitriles is 2. The highest BCUT2D eigenvalue weighted by molar-refractivity contribution is 5.65. The lowest BCUT2D eigenvalue weighted by Gasteiger charge is -2.14. The molecule has 0 aliphatic carbocycles. The molecule has 0 aromatic heterocycles. The van der Waals surface area contributed by atoms with E-state index < -0.39 is 11.2 Å². The number of benzene rings is 2. The molecule has 19 heavy (non-hydrogen) atoms. The predicted octanol–water partition coefficient (Wildman–Crippen LogP) is 3.80. The standard InChI is InChI=1S/C16H11FN2/c1-16(10-18,11-19)13-7-8-14(15(17)9-13)12-5-3-2-4-6-12/h2-9H,1H3. The molecule has 0 saturated heterocycles. The highest BCUT2D eigenvalue weighted by atomic mass is 19.1. The second kappa shape index (κ2) is 4.92. The maximum Gasteiger partial charge on any atom is 0.165 e. The van der Waals surface area contributed by atoms with Gasteiger partial charge in [-0.3, -0.25) is 0 Å². The van der Waals surface area contributed by atoms with Crippen molar-refractivity contribution >= 4 is 0 Å². The van der Waals surface area contributed by atoms with Gasteiger partial charge in [0.15, 0.2) is 5.41 Å². The molecular formula is C16H11FN2. The van der Waals surface area contributed by atoms with Gasteiger partial charge in [-0.25, -0.2) is 4.39 Å². The number of nitrogens with zero attached hydrogens (tertiary/aromatic N) is 2. The Balaban J connectivity index is 2.51. The molecule has 0 N–H and O–H groups in total. The molecule has 0 radical (unpaired) electrons. The van der Waals surface area contributed by atoms with E-state index in [9.17, 15) is 4.39 Å². The van der Waals surface area contributed by atoms with Crippen LogP contribution in [0.2, 0.25) is 0 Å². The van der Waals surface area contributed by atoms with E-state index in [-0.39, 0.29) is 0 Å². The Morgan fingerprint density at radius 2 is 1.63 bits per heavy atom. The van der Waals surface area contributed by atoms with Gasteiger partial charge in [-0.05, 0) is 24.1 Å². The highest BCUT2D eigenvalue weighted by Gasteiger charge is 2.27. The van der Waals surface area contributed by atoms with E-state index in [0.717, 1.165) is 5.56 Å². The zero-order valence-electron chi connectivity index (χ0n) is 10.4. The molecule has 2 aromatic rings. The molecule has 0 fully saturated rings. The molecule has 0 spiro atoms. The average molecular weight is 250 g/mol. The van der Waals surface area contributed by atoms with Gasteiger partial charge >= 0.3 is 0 Å². The van der Waals surface area contributed by atoms with Crippen LogP contribution in [0.1, 0.15) is 12.5 Å². The molecule has 0 unspecified atom stereocenters. The van der Waals surface area contributed by atoms with Crippen molar-refractivity contribution in [3.63, 3.8) is 0 Å². The lowest BCUT2D eigenvalue weighted by molar-refractivity contribution is 0.624. The summed E-state index contributed by atoms with van der Waals surface area (Å²) in [4.78, 5) is 0. The van der Waals surface area contributed by atoms with Gasteiger partial charge in [0.25, 0.3) is 0 Å². The fraction of sp³-hybridized carbons (Fsp3) is 0.125. The summed E-state index contributed by atoms with van der Waals surface area (Å²) >= 11 is 0. The molecule has 0 aliphatic rings. The first kappa shape index (κ1) is 12.8. The molecule has 0 atom stereocenters. The third-order valence-electron chi connectivity index (χ3n) is 3.08. The smallest absolute Gasteiger partial charge is 0.165 e. The van der Waals surface area contributed by atoms with Gasteiger partial charge in [-0.15, -0.1) is 0 Å². The Morgan fingerprint density at radius 1 is 1.00 bits per heavy atom. The summed E-state index contributed by atoms with van der Waals surface area (Å²) < 4.78 is 14.1. The fourth-order valence-corrected chi connectivity index (χ4v) is 1.83. The van der Waals surface area contributed by atoms with E-state index in [4.69, 9.17) is 10.5 Å². The van der Waals surface area contributed by atoms with Crippen LogP contribution in [0.5, 0.6) is 0 Å². The SMILES string of the molecule is CC(C#N)(C#N)c1ccc(-c2ccccc2)c(F)c1. The van der Waals surface area contributed by atoms with Gasteiger partial charge in [0.2, 0.25) is 0 Å². The summed E-state index contributed by atoms with van der Waals surface area (Å²) in [5.74, 6) is -0.430. The van der Waals surface area contributed by atoms with Crippen molar-refractivity contribution in [1.82, 2.24) is 0 Å². The third-order valence-corrected chi connectivity index (χ3v) is 3.08. The second-order valence-electron chi connectivity index (χ2n) is 4.41. The average Bonchev–Trinajstić information content (AvgIpc) is 2.47. The predicted molar refractivity (Wildman–Crippen MR) is 70.4 cm³/mol. The van der Waals surface area contributed by atoms with Crippen molar-refractivity contribution in [2.24, 2.45) is 0 Å². The summed E-state index contributed by atoms with van der Waals surface area (Å²) in [6, 6.07) is 17.4. The van der Waals surface area contributed by atoms with Gasteiger partial charge in [0.05, 0.1) is 12.1 Å². The molecule has 0 heterocycles. The van der Waals surface area contributed by atoms with E-state index in [2.05, 4.69) is 0 Å². The van der Waals surface area contributed by atoms with Crippen LogP contribution in [-0.2, 0) is 5.41 Å². The Labute approximate surface area is 111 Å². The Hall–Kier alpha value is -2.65. The molecule has 0 bridgehead atoms. The summed E-state index contributed by atoms with van der Waals surface area (Å²) in [5.41, 5.74) is 0.273. The quantitative estimate of drug-likeness (QED) is 0.813. The Morgan fingerprint density at radius 3 is 2.16 bits per heavy atom. The first-order chi connectivity index (χ1) is 9.10. The normalized spacial score (nSPS) is 10.5. The first-order valence-corrected chi connectivity index (χ1v) is 5.78. The second-order valence-corrected chi connectivity index (χ2v) is 4.41. The molecule has 2 aromatic carbocycles. The van der Waals surface area contributed by atoms with Gasteiger partial charge in [-0.2, -0.15) is 10.5 Å². The molecular weight excluding hydrogens is 239 g/mol. The van der Waals surface area contributed by atoms with Gasteiger partial charge < -0.3 is 0 Å². The van der Waals surface area contributed by atoms with E-state index in [1.807, 2.05) is 42.5 Å². The maximum absolute atomic E-state index is 14.1. The maximum atomic E-state index is 14.1. The third kappa shape index (κ3) is 2.32. The van der Waals surface area contributed by atoms with E-state index in [1.54, 1.807) is 12.1 Å². The van der Waals surface area contributed by atoms with Crippen molar-refractivity contribution in [3.05, 3.63) is 59.9 Å². The van der Waals surface area contributed by atoms with Crippen molar-refractivity contribution in [3.8, 4) is 23.3 Å². The summed E-state index contributed by atoms with van der Waals surface area (Å²) in [6.07, 6.45) is 0. The van der Waals surface area contributed by atoms with Crippen LogP contribution in [0.4, 0.5) is 4.39 Å². The summed E-state index contributed by atoms with van der Waals surface area (Å²) in [5, 5.41) is 18.0. The van der Waals surface area contributed by atoms with Crippen LogP contribution in [0.15, 0.2) is 48.5 Å². The zero-order chi connectivity index (χ0) is 13.9. The number of rotatable bonds is 2. The molecule has 2 rings (SSSR count). The molecule has 92 valence electrons. The molecule has 3 heteroatoms.